The Morgan fingerprint density at radius 3 is 2.44 bits per heavy atom. The molecule has 0 saturated carbocycles. The van der Waals surface area contributed by atoms with Crippen LogP contribution in [-0.2, 0) is 34.1 Å². The van der Waals surface area contributed by atoms with E-state index in [4.69, 9.17) is 24.0 Å². The van der Waals surface area contributed by atoms with Crippen molar-refractivity contribution >= 4 is 58.6 Å². The van der Waals surface area contributed by atoms with E-state index in [1.165, 1.54) is 12.1 Å². The maximum Gasteiger partial charge on any atom is 0.399 e. The third-order valence-corrected chi connectivity index (χ3v) is 14.2. The lowest BCUT2D eigenvalue weighted by atomic mass is 9.90. The second-order valence-corrected chi connectivity index (χ2v) is 18.9. The molecule has 0 radical (unpaired) electrons. The van der Waals surface area contributed by atoms with Gasteiger partial charge in [0.1, 0.15) is 36.8 Å². The largest absolute Gasteiger partial charge is 0.491 e. The molecule has 4 aromatic rings. The second kappa shape index (κ2) is 18.4. The fraction of sp³-hybridized carbons (Fsp3) is 0.442. The van der Waals surface area contributed by atoms with Crippen molar-refractivity contribution in [1.82, 2.24) is 25.4 Å². The summed E-state index contributed by atoms with van der Waals surface area (Å²) < 4.78 is 58.1. The van der Waals surface area contributed by atoms with Crippen molar-refractivity contribution in [3.8, 4) is 11.5 Å². The number of hydrogen-bond donors (Lipinski definition) is 4. The van der Waals surface area contributed by atoms with Crippen LogP contribution in [0.5, 0.6) is 11.5 Å². The Hall–Kier alpha value is -5.33. The minimum absolute atomic E-state index is 0.0298. The van der Waals surface area contributed by atoms with Crippen LogP contribution in [0.4, 0.5) is 8.78 Å². The minimum Gasteiger partial charge on any atom is -0.491 e. The number of aromatic nitrogens is 1. The topological polar surface area (TPSA) is 214 Å². The quantitative estimate of drug-likeness (QED) is 0.0721. The van der Waals surface area contributed by atoms with Gasteiger partial charge in [-0.15, -0.1) is 11.3 Å². The molecule has 4 N–H and O–H groups in total. The van der Waals surface area contributed by atoms with E-state index in [9.17, 15) is 37.3 Å². The number of piperidine rings is 1. The van der Waals surface area contributed by atoms with Crippen LogP contribution in [0.15, 0.2) is 67.0 Å². The molecule has 4 aliphatic heterocycles. The predicted octanol–water partition coefficient (Wildman–Crippen LogP) is 4.79. The molecule has 8 rings (SSSR count). The summed E-state index contributed by atoms with van der Waals surface area (Å²) in [6.07, 6.45) is 6.99. The van der Waals surface area contributed by atoms with Crippen molar-refractivity contribution in [2.24, 2.45) is 0 Å². The zero-order chi connectivity index (χ0) is 44.5. The molecule has 4 fully saturated rings. The Morgan fingerprint density at radius 1 is 0.937 bits per heavy atom. The molecule has 6 heterocycles. The molecule has 0 bridgehead atoms. The normalized spacial score (nSPS) is 22.0. The zero-order valence-electron chi connectivity index (χ0n) is 34.0. The molecule has 4 saturated heterocycles. The Kier molecular flexibility index (Phi) is 12.9. The molecular weight excluding hydrogens is 864 g/mol. The fourth-order valence-electron chi connectivity index (χ4n) is 8.71. The number of carbonyl (C=O) groups excluding carboxylic acids is 5. The molecule has 5 amide bonds. The number of rotatable bonds is 15. The molecule has 4 aliphatic rings. The molecule has 16 nitrogen and oxygen atoms in total. The van der Waals surface area contributed by atoms with Gasteiger partial charge in [0, 0.05) is 59.7 Å². The Labute approximate surface area is 364 Å². The molecule has 2 aromatic carbocycles. The van der Waals surface area contributed by atoms with Crippen LogP contribution in [0, 0.1) is 0 Å². The monoisotopic (exact) mass is 909 g/mol. The number of carbonyl (C=O) groups is 5. The summed E-state index contributed by atoms with van der Waals surface area (Å²) >= 11 is 1.00. The molecule has 1 unspecified atom stereocenters. The standard InChI is InChI=1S/C43H46F2N5O11PS/c44-43(45,62(56,57)58)28-6-12-36-26(20-28)21-37(63-36)40(53)47-33-3-1-2-29-7-11-34(50(29)41(33)54)42(55)49-23-27(24-49)32-22-46-15-14-35(32)61-19-17-59-16-18-60-30-8-4-25(5-9-30)31-10-13-38(51)48-39(31)52/h4-6,8-9,12,14-15,20-22,27,29,31,33-34H,1-3,7,10-11,13,16-19,23-24H2,(H,47,53)(H,48,51,52)(H2,56,57,58)/t29-,31?,33-,34-/m0/s1. The highest BCUT2D eigenvalue weighted by molar-refractivity contribution is 7.52. The first kappa shape index (κ1) is 44.3. The highest BCUT2D eigenvalue weighted by Crippen LogP contribution is 2.59. The number of hydrogen-bond acceptors (Lipinski definition) is 11. The number of pyridine rings is 1. The number of likely N-dealkylation sites (tertiary alicyclic amines) is 1. The lowest BCUT2D eigenvalue weighted by Crippen LogP contribution is -2.58. The highest BCUT2D eigenvalue weighted by atomic mass is 32.1. The zero-order valence-corrected chi connectivity index (χ0v) is 35.7. The molecule has 0 aliphatic carbocycles. The number of amides is 5. The average molecular weight is 910 g/mol. The van der Waals surface area contributed by atoms with Crippen LogP contribution < -0.4 is 20.1 Å². The summed E-state index contributed by atoms with van der Waals surface area (Å²) in [7, 11) is -5.78. The van der Waals surface area contributed by atoms with Crippen LogP contribution >= 0.6 is 18.9 Å². The summed E-state index contributed by atoms with van der Waals surface area (Å²) in [5.74, 6) is -0.753. The van der Waals surface area contributed by atoms with Crippen LogP contribution in [0.25, 0.3) is 10.1 Å². The summed E-state index contributed by atoms with van der Waals surface area (Å²) in [6, 6.07) is 11.7. The lowest BCUT2D eigenvalue weighted by molar-refractivity contribution is -0.148. The van der Waals surface area contributed by atoms with Gasteiger partial charge in [-0.05, 0) is 85.9 Å². The predicted molar refractivity (Wildman–Crippen MR) is 223 cm³/mol. The SMILES string of the molecule is O=C1CCC(c2ccc(OCCOCCOc3ccncc3C3CN(C(=O)[C@@H]4CC[C@@H]5CCC[C@H](NC(=O)c6cc7cc(C(F)(F)P(=O)(O)O)ccc7s6)C(=O)N54)C3)cc2)C(=O)N1. The Bertz CT molecular complexity index is 2440. The smallest absolute Gasteiger partial charge is 0.399 e. The van der Waals surface area contributed by atoms with Gasteiger partial charge in [-0.2, -0.15) is 8.78 Å². The van der Waals surface area contributed by atoms with E-state index < -0.39 is 36.8 Å². The number of nitrogens with one attached hydrogen (secondary N) is 2. The van der Waals surface area contributed by atoms with Crippen LogP contribution in [-0.4, -0.2) is 112 Å². The van der Waals surface area contributed by atoms with Gasteiger partial charge in [-0.25, -0.2) is 0 Å². The third-order valence-electron chi connectivity index (χ3n) is 12.1. The van der Waals surface area contributed by atoms with E-state index >= 15 is 0 Å². The van der Waals surface area contributed by atoms with Gasteiger partial charge >= 0.3 is 13.3 Å². The number of ether oxygens (including phenoxy) is 3. The maximum atomic E-state index is 14.4. The first-order valence-electron chi connectivity index (χ1n) is 20.8. The second-order valence-electron chi connectivity index (χ2n) is 16.1. The Balaban J connectivity index is 0.795. The van der Waals surface area contributed by atoms with Crippen LogP contribution in [0.3, 0.4) is 0 Å². The summed E-state index contributed by atoms with van der Waals surface area (Å²) in [4.78, 5) is 91.1. The molecular formula is C43H46F2N5O11PS. The van der Waals surface area contributed by atoms with Gasteiger partial charge in [0.25, 0.3) is 5.91 Å². The molecule has 0 spiro atoms. The number of thiophene rings is 1. The van der Waals surface area contributed by atoms with E-state index in [1.807, 2.05) is 12.1 Å². The third kappa shape index (κ3) is 9.48. The van der Waals surface area contributed by atoms with Gasteiger partial charge < -0.3 is 39.1 Å². The summed E-state index contributed by atoms with van der Waals surface area (Å²) in [6.45, 7) is 2.03. The average Bonchev–Trinajstić information content (AvgIpc) is 3.83. The van der Waals surface area contributed by atoms with Crippen molar-refractivity contribution in [2.75, 3.05) is 39.5 Å². The van der Waals surface area contributed by atoms with Gasteiger partial charge in [-0.3, -0.25) is 38.8 Å². The van der Waals surface area contributed by atoms with Gasteiger partial charge in [0.05, 0.1) is 24.0 Å². The molecule has 2 aromatic heterocycles. The van der Waals surface area contributed by atoms with Crippen LogP contribution in [0.1, 0.15) is 83.1 Å². The van der Waals surface area contributed by atoms with Gasteiger partial charge in [0.2, 0.25) is 23.6 Å². The first-order valence-corrected chi connectivity index (χ1v) is 23.2. The van der Waals surface area contributed by atoms with E-state index in [1.54, 1.807) is 40.4 Å². The van der Waals surface area contributed by atoms with E-state index in [-0.39, 0.29) is 58.4 Å². The molecule has 63 heavy (non-hydrogen) atoms. The summed E-state index contributed by atoms with van der Waals surface area (Å²) in [5, 5.41) is 5.37. The van der Waals surface area contributed by atoms with E-state index in [0.717, 1.165) is 34.6 Å². The number of imide groups is 1. The minimum atomic E-state index is -5.78. The first-order chi connectivity index (χ1) is 30.2. The van der Waals surface area contributed by atoms with Crippen molar-refractivity contribution in [3.05, 3.63) is 88.6 Å². The molecule has 20 heteroatoms. The van der Waals surface area contributed by atoms with Crippen molar-refractivity contribution in [3.63, 3.8) is 0 Å². The van der Waals surface area contributed by atoms with Crippen molar-refractivity contribution < 1.29 is 61.3 Å². The maximum absolute atomic E-state index is 14.4. The van der Waals surface area contributed by atoms with Crippen molar-refractivity contribution in [1.29, 1.82) is 0 Å². The van der Waals surface area contributed by atoms with Gasteiger partial charge in [-0.1, -0.05) is 18.2 Å². The summed E-state index contributed by atoms with van der Waals surface area (Å²) in [5.41, 5.74) is -3.59. The number of benzene rings is 2. The highest BCUT2D eigenvalue weighted by Gasteiger charge is 2.51. The number of halogens is 2. The number of alkyl halides is 2. The number of nitrogens with zero attached hydrogens (tertiary/aromatic N) is 3. The van der Waals surface area contributed by atoms with Crippen LogP contribution in [0.2, 0.25) is 0 Å². The molecule has 334 valence electrons. The fourth-order valence-corrected chi connectivity index (χ4v) is 10.1. The van der Waals surface area contributed by atoms with Gasteiger partial charge in [0.15, 0.2) is 0 Å². The lowest BCUT2D eigenvalue weighted by Gasteiger charge is -2.42. The van der Waals surface area contributed by atoms with Crippen molar-refractivity contribution in [2.45, 2.75) is 80.6 Å². The van der Waals surface area contributed by atoms with E-state index in [2.05, 4.69) is 15.6 Å². The number of fused-ring (bicyclic) bond motifs is 2. The molecule has 4 atom stereocenters. The van der Waals surface area contributed by atoms with E-state index in [0.29, 0.717) is 94.1 Å². The Morgan fingerprint density at radius 2 is 1.70 bits per heavy atom.